The lowest BCUT2D eigenvalue weighted by Crippen LogP contribution is -2.29. The van der Waals surface area contributed by atoms with Crippen molar-refractivity contribution in [3.05, 3.63) is 83.2 Å². The normalized spacial score (nSPS) is 11.2. The highest BCUT2D eigenvalue weighted by molar-refractivity contribution is 5.95. The molecule has 1 heterocycles. The number of aromatic nitrogens is 2. The predicted octanol–water partition coefficient (Wildman–Crippen LogP) is 2.65. The Kier molecular flexibility index (Phi) is 5.23. The number of anilines is 1. The molecule has 0 saturated carbocycles. The number of oxime groups is 1. The molecule has 3 rings (SSSR count). The highest BCUT2D eigenvalue weighted by Crippen LogP contribution is 2.09. The van der Waals surface area contributed by atoms with Crippen LogP contribution in [-0.2, 0) is 0 Å². The largest absolute Gasteiger partial charge is 0.486 e. The zero-order valence-electron chi connectivity index (χ0n) is 13.5. The summed E-state index contributed by atoms with van der Waals surface area (Å²) >= 11 is 0. The molecule has 0 aliphatic rings. The maximum atomic E-state index is 13.1. The van der Waals surface area contributed by atoms with Crippen molar-refractivity contribution in [2.24, 2.45) is 5.16 Å². The summed E-state index contributed by atoms with van der Waals surface area (Å²) in [5.41, 5.74) is -0.00941. The lowest BCUT2D eigenvalue weighted by Gasteiger charge is -2.11. The topological polar surface area (TPSA) is 88.7 Å². The van der Waals surface area contributed by atoms with E-state index < -0.39 is 11.4 Å². The van der Waals surface area contributed by atoms with Gasteiger partial charge in [-0.3, -0.25) is 9.36 Å². The summed E-state index contributed by atoms with van der Waals surface area (Å²) in [6.45, 7) is -0.0902. The Labute approximate surface area is 148 Å². The Morgan fingerprint density at radius 1 is 1.19 bits per heavy atom. The van der Waals surface area contributed by atoms with Crippen LogP contribution in [0.15, 0.2) is 76.9 Å². The van der Waals surface area contributed by atoms with Crippen molar-refractivity contribution in [2.45, 2.75) is 0 Å². The van der Waals surface area contributed by atoms with Crippen molar-refractivity contribution < 1.29 is 14.3 Å². The van der Waals surface area contributed by atoms with Crippen LogP contribution < -0.4 is 15.6 Å². The smallest absolute Gasteiger partial charge is 0.298 e. The standard InChI is InChI=1S/C18H15FN4O3/c19-13-6-8-14(9-7-13)23-11-10-20-17(18(23)24)21-16(22-25)12-26-15-4-2-1-3-5-15/h1-11,25H,12H2,(H,20,21,22). The number of halogens is 1. The molecule has 2 N–H and O–H groups in total. The lowest BCUT2D eigenvalue weighted by atomic mass is 10.3. The molecule has 0 saturated heterocycles. The van der Waals surface area contributed by atoms with Gasteiger partial charge in [0.15, 0.2) is 11.7 Å². The number of ether oxygens (including phenoxy) is 1. The first-order valence-electron chi connectivity index (χ1n) is 7.67. The molecule has 0 spiro atoms. The van der Waals surface area contributed by atoms with E-state index >= 15 is 0 Å². The first-order chi connectivity index (χ1) is 12.7. The van der Waals surface area contributed by atoms with E-state index in [1.807, 2.05) is 6.07 Å². The number of amidine groups is 1. The molecule has 0 radical (unpaired) electrons. The summed E-state index contributed by atoms with van der Waals surface area (Å²) in [7, 11) is 0. The van der Waals surface area contributed by atoms with Gasteiger partial charge in [-0.25, -0.2) is 9.37 Å². The van der Waals surface area contributed by atoms with E-state index in [-0.39, 0.29) is 18.3 Å². The first kappa shape index (κ1) is 17.2. The number of rotatable bonds is 5. The second-order valence-corrected chi connectivity index (χ2v) is 5.20. The van der Waals surface area contributed by atoms with Crippen molar-refractivity contribution in [2.75, 3.05) is 11.9 Å². The molecule has 26 heavy (non-hydrogen) atoms. The van der Waals surface area contributed by atoms with Crippen molar-refractivity contribution in [1.82, 2.24) is 9.55 Å². The fourth-order valence-corrected chi connectivity index (χ4v) is 2.20. The van der Waals surface area contributed by atoms with Crippen LogP contribution in [0.4, 0.5) is 10.2 Å². The van der Waals surface area contributed by atoms with Crippen LogP contribution in [-0.4, -0.2) is 27.2 Å². The maximum Gasteiger partial charge on any atom is 0.298 e. The van der Waals surface area contributed by atoms with E-state index in [9.17, 15) is 9.18 Å². The van der Waals surface area contributed by atoms with Crippen LogP contribution in [0.2, 0.25) is 0 Å². The molecule has 8 heteroatoms. The number of hydrogen-bond donors (Lipinski definition) is 2. The minimum absolute atomic E-state index is 0.00955. The van der Waals surface area contributed by atoms with Gasteiger partial charge in [0.2, 0.25) is 0 Å². The van der Waals surface area contributed by atoms with E-state index in [2.05, 4.69) is 15.5 Å². The second-order valence-electron chi connectivity index (χ2n) is 5.20. The maximum absolute atomic E-state index is 13.1. The zero-order chi connectivity index (χ0) is 18.4. The number of hydrogen-bond acceptors (Lipinski definition) is 5. The van der Waals surface area contributed by atoms with Gasteiger partial charge in [-0.05, 0) is 36.4 Å². The number of nitrogens with zero attached hydrogens (tertiary/aromatic N) is 3. The minimum atomic E-state index is -0.486. The average Bonchev–Trinajstić information content (AvgIpc) is 2.68. The Hall–Kier alpha value is -3.68. The third-order valence-electron chi connectivity index (χ3n) is 3.45. The van der Waals surface area contributed by atoms with Crippen molar-refractivity contribution in [3.8, 4) is 11.4 Å². The molecule has 0 aliphatic heterocycles. The molecule has 0 bridgehead atoms. The third kappa shape index (κ3) is 4.04. The SMILES string of the molecule is O=c1c(N/C(COc2ccccc2)=N/O)nccn1-c1ccc(F)cc1. The van der Waals surface area contributed by atoms with E-state index in [4.69, 9.17) is 9.94 Å². The van der Waals surface area contributed by atoms with Crippen molar-refractivity contribution >= 4 is 11.7 Å². The summed E-state index contributed by atoms with van der Waals surface area (Å²) in [5, 5.41) is 14.9. The van der Waals surface area contributed by atoms with E-state index in [1.165, 1.54) is 41.2 Å². The number of benzene rings is 2. The number of para-hydroxylation sites is 1. The average molecular weight is 354 g/mol. The second kappa shape index (κ2) is 7.93. The van der Waals surface area contributed by atoms with Gasteiger partial charge in [-0.2, -0.15) is 0 Å². The molecule has 0 aliphatic carbocycles. The number of nitrogens with one attached hydrogen (secondary N) is 1. The van der Waals surface area contributed by atoms with Gasteiger partial charge >= 0.3 is 0 Å². The predicted molar refractivity (Wildman–Crippen MR) is 94.6 cm³/mol. The Bertz CT molecular complexity index is 956. The van der Waals surface area contributed by atoms with Crippen LogP contribution in [0.25, 0.3) is 5.69 Å². The van der Waals surface area contributed by atoms with Crippen LogP contribution in [0, 0.1) is 5.82 Å². The van der Waals surface area contributed by atoms with E-state index in [0.717, 1.165) is 0 Å². The molecule has 132 valence electrons. The summed E-state index contributed by atoms with van der Waals surface area (Å²) in [6.07, 6.45) is 2.86. The summed E-state index contributed by atoms with van der Waals surface area (Å²) < 4.78 is 19.8. The van der Waals surface area contributed by atoms with Crippen LogP contribution >= 0.6 is 0 Å². The van der Waals surface area contributed by atoms with Gasteiger partial charge in [0.05, 0.1) is 0 Å². The fraction of sp³-hybridized carbons (Fsp3) is 0.0556. The van der Waals surface area contributed by atoms with E-state index in [1.54, 1.807) is 24.3 Å². The highest BCUT2D eigenvalue weighted by Gasteiger charge is 2.10. The fourth-order valence-electron chi connectivity index (χ4n) is 2.20. The first-order valence-corrected chi connectivity index (χ1v) is 7.67. The summed E-state index contributed by atoms with van der Waals surface area (Å²) in [4.78, 5) is 16.5. The lowest BCUT2D eigenvalue weighted by molar-refractivity contribution is 0.307. The molecular formula is C18H15FN4O3. The van der Waals surface area contributed by atoms with Crippen molar-refractivity contribution in [3.63, 3.8) is 0 Å². The van der Waals surface area contributed by atoms with Crippen molar-refractivity contribution in [1.29, 1.82) is 0 Å². The summed E-state index contributed by atoms with van der Waals surface area (Å²) in [5.74, 6) is 0.138. The molecule has 0 amide bonds. The summed E-state index contributed by atoms with van der Waals surface area (Å²) in [6, 6.07) is 14.4. The van der Waals surface area contributed by atoms with E-state index in [0.29, 0.717) is 11.4 Å². The molecule has 0 unspecified atom stereocenters. The van der Waals surface area contributed by atoms with Gasteiger partial charge in [-0.1, -0.05) is 23.4 Å². The molecule has 3 aromatic rings. The van der Waals surface area contributed by atoms with Crippen LogP contribution in [0.1, 0.15) is 0 Å². The third-order valence-corrected chi connectivity index (χ3v) is 3.45. The Morgan fingerprint density at radius 3 is 2.62 bits per heavy atom. The molecule has 0 fully saturated rings. The Morgan fingerprint density at radius 2 is 1.92 bits per heavy atom. The van der Waals surface area contributed by atoms with Gasteiger partial charge in [0.25, 0.3) is 5.56 Å². The molecule has 1 aromatic heterocycles. The monoisotopic (exact) mass is 354 g/mol. The van der Waals surface area contributed by atoms with Gasteiger partial charge < -0.3 is 15.3 Å². The van der Waals surface area contributed by atoms with Gasteiger partial charge in [0, 0.05) is 18.1 Å². The van der Waals surface area contributed by atoms with Crippen LogP contribution in [0.3, 0.4) is 0 Å². The highest BCUT2D eigenvalue weighted by atomic mass is 19.1. The molecule has 2 aromatic carbocycles. The Balaban J connectivity index is 1.77. The van der Waals surface area contributed by atoms with Crippen LogP contribution in [0.5, 0.6) is 5.75 Å². The minimum Gasteiger partial charge on any atom is -0.486 e. The molecular weight excluding hydrogens is 339 g/mol. The molecule has 0 atom stereocenters. The van der Waals surface area contributed by atoms with Gasteiger partial charge in [-0.15, -0.1) is 0 Å². The zero-order valence-corrected chi connectivity index (χ0v) is 13.5. The molecule has 7 nitrogen and oxygen atoms in total. The van der Waals surface area contributed by atoms with Gasteiger partial charge in [0.1, 0.15) is 18.2 Å². The quantitative estimate of drug-likeness (QED) is 0.318.